The largest absolute Gasteiger partial charge is 0.339 e. The Morgan fingerprint density at radius 1 is 1.47 bits per heavy atom. The fourth-order valence-corrected chi connectivity index (χ4v) is 1.76. The predicted molar refractivity (Wildman–Crippen MR) is 61.7 cm³/mol. The van der Waals surface area contributed by atoms with E-state index in [4.69, 9.17) is 0 Å². The summed E-state index contributed by atoms with van der Waals surface area (Å²) in [6.07, 6.45) is 1.85. The number of aromatic amines is 1. The first-order valence-corrected chi connectivity index (χ1v) is 5.86. The molecule has 0 fully saturated rings. The van der Waals surface area contributed by atoms with Gasteiger partial charge in [0, 0.05) is 23.7 Å². The van der Waals surface area contributed by atoms with E-state index < -0.39 is 0 Å². The molecule has 0 unspecified atom stereocenters. The van der Waals surface area contributed by atoms with Gasteiger partial charge in [0.15, 0.2) is 5.82 Å². The average molecular weight is 222 g/mol. The first-order valence-electron chi connectivity index (χ1n) is 4.91. The second kappa shape index (κ2) is 4.55. The molecule has 0 saturated heterocycles. The van der Waals surface area contributed by atoms with Crippen LogP contribution < -0.4 is 5.32 Å². The fourth-order valence-electron chi connectivity index (χ4n) is 1.22. The summed E-state index contributed by atoms with van der Waals surface area (Å²) < 4.78 is 0. The molecular weight excluding hydrogens is 208 g/mol. The van der Waals surface area contributed by atoms with Crippen molar-refractivity contribution in [2.24, 2.45) is 0 Å². The molecule has 0 bridgehead atoms. The van der Waals surface area contributed by atoms with E-state index in [2.05, 4.69) is 34.1 Å². The second-order valence-electron chi connectivity index (χ2n) is 3.67. The number of H-pyrrole nitrogens is 1. The van der Waals surface area contributed by atoms with Gasteiger partial charge in [0.05, 0.1) is 11.7 Å². The SMILES string of the molecule is CC(C)NCc1cnc(-c2cscn2)[nH]1. The third-order valence-electron chi connectivity index (χ3n) is 2.00. The Morgan fingerprint density at radius 3 is 3.00 bits per heavy atom. The van der Waals surface area contributed by atoms with Crippen LogP contribution in [0.1, 0.15) is 19.5 Å². The highest BCUT2D eigenvalue weighted by Crippen LogP contribution is 2.14. The van der Waals surface area contributed by atoms with Gasteiger partial charge in [-0.1, -0.05) is 13.8 Å². The van der Waals surface area contributed by atoms with Crippen LogP contribution in [0.15, 0.2) is 17.1 Å². The highest BCUT2D eigenvalue weighted by atomic mass is 32.1. The van der Waals surface area contributed by atoms with Crippen LogP contribution >= 0.6 is 11.3 Å². The van der Waals surface area contributed by atoms with Gasteiger partial charge in [-0.25, -0.2) is 9.97 Å². The van der Waals surface area contributed by atoms with Crippen molar-refractivity contribution in [2.75, 3.05) is 0 Å². The van der Waals surface area contributed by atoms with Gasteiger partial charge in [-0.2, -0.15) is 0 Å². The minimum atomic E-state index is 0.482. The first-order chi connectivity index (χ1) is 7.25. The number of hydrogen-bond acceptors (Lipinski definition) is 4. The molecule has 0 aromatic carbocycles. The molecule has 0 radical (unpaired) electrons. The first kappa shape index (κ1) is 10.3. The topological polar surface area (TPSA) is 53.6 Å². The van der Waals surface area contributed by atoms with Crippen molar-refractivity contribution in [1.29, 1.82) is 0 Å². The average Bonchev–Trinajstić information content (AvgIpc) is 2.85. The Kier molecular flexibility index (Phi) is 3.13. The van der Waals surface area contributed by atoms with Crippen molar-refractivity contribution in [1.82, 2.24) is 20.3 Å². The number of hydrogen-bond donors (Lipinski definition) is 2. The van der Waals surface area contributed by atoms with Gasteiger partial charge in [0.1, 0.15) is 5.69 Å². The van der Waals surface area contributed by atoms with Gasteiger partial charge in [0.2, 0.25) is 0 Å². The van der Waals surface area contributed by atoms with Crippen molar-refractivity contribution in [3.8, 4) is 11.5 Å². The second-order valence-corrected chi connectivity index (χ2v) is 4.39. The number of nitrogens with zero attached hydrogens (tertiary/aromatic N) is 2. The van der Waals surface area contributed by atoms with Crippen LogP contribution in [0.25, 0.3) is 11.5 Å². The highest BCUT2D eigenvalue weighted by molar-refractivity contribution is 7.07. The molecule has 2 heterocycles. The molecule has 0 saturated carbocycles. The van der Waals surface area contributed by atoms with Crippen LogP contribution in [-0.2, 0) is 6.54 Å². The Morgan fingerprint density at radius 2 is 2.33 bits per heavy atom. The van der Waals surface area contributed by atoms with E-state index in [1.807, 2.05) is 17.1 Å². The Balaban J connectivity index is 2.04. The van der Waals surface area contributed by atoms with Crippen LogP contribution in [0, 0.1) is 0 Å². The number of rotatable bonds is 4. The van der Waals surface area contributed by atoms with E-state index in [0.29, 0.717) is 6.04 Å². The lowest BCUT2D eigenvalue weighted by Crippen LogP contribution is -2.21. The Bertz CT molecular complexity index is 405. The molecule has 2 aromatic heterocycles. The van der Waals surface area contributed by atoms with Crippen molar-refractivity contribution in [3.05, 3.63) is 22.8 Å². The lowest BCUT2D eigenvalue weighted by molar-refractivity contribution is 0.583. The molecule has 80 valence electrons. The maximum Gasteiger partial charge on any atom is 0.157 e. The summed E-state index contributed by atoms with van der Waals surface area (Å²) in [6, 6.07) is 0.482. The zero-order chi connectivity index (χ0) is 10.7. The summed E-state index contributed by atoms with van der Waals surface area (Å²) in [4.78, 5) is 11.7. The number of aromatic nitrogens is 3. The van der Waals surface area contributed by atoms with Crippen molar-refractivity contribution < 1.29 is 0 Å². The number of nitrogens with one attached hydrogen (secondary N) is 2. The standard InChI is InChI=1S/C10H14N4S/c1-7(2)11-3-8-4-12-10(14-8)9-5-15-6-13-9/h4-7,11H,3H2,1-2H3,(H,12,14). The minimum Gasteiger partial charge on any atom is -0.339 e. The van der Waals surface area contributed by atoms with E-state index in [-0.39, 0.29) is 0 Å². The molecule has 0 aliphatic heterocycles. The molecular formula is C10H14N4S. The van der Waals surface area contributed by atoms with Crippen LogP contribution in [0.2, 0.25) is 0 Å². The molecule has 4 nitrogen and oxygen atoms in total. The van der Waals surface area contributed by atoms with E-state index >= 15 is 0 Å². The lowest BCUT2D eigenvalue weighted by atomic mass is 10.3. The zero-order valence-electron chi connectivity index (χ0n) is 8.82. The van der Waals surface area contributed by atoms with E-state index in [1.165, 1.54) is 0 Å². The van der Waals surface area contributed by atoms with E-state index in [9.17, 15) is 0 Å². The monoisotopic (exact) mass is 222 g/mol. The summed E-state index contributed by atoms with van der Waals surface area (Å²) >= 11 is 1.58. The third kappa shape index (κ3) is 2.64. The summed E-state index contributed by atoms with van der Waals surface area (Å²) in [5.41, 5.74) is 3.81. The zero-order valence-corrected chi connectivity index (χ0v) is 9.64. The molecule has 5 heteroatoms. The quantitative estimate of drug-likeness (QED) is 0.832. The van der Waals surface area contributed by atoms with Crippen LogP contribution in [0.4, 0.5) is 0 Å². The molecule has 0 atom stereocenters. The fraction of sp³-hybridized carbons (Fsp3) is 0.400. The maximum atomic E-state index is 4.29. The Labute approximate surface area is 92.8 Å². The van der Waals surface area contributed by atoms with Gasteiger partial charge >= 0.3 is 0 Å². The van der Waals surface area contributed by atoms with Gasteiger partial charge in [-0.05, 0) is 0 Å². The van der Waals surface area contributed by atoms with Gasteiger partial charge in [-0.3, -0.25) is 0 Å². The van der Waals surface area contributed by atoms with Crippen molar-refractivity contribution in [2.45, 2.75) is 26.4 Å². The Hall–Kier alpha value is -1.20. The molecule has 2 rings (SSSR count). The summed E-state index contributed by atoms with van der Waals surface area (Å²) in [7, 11) is 0. The predicted octanol–water partition coefficient (Wildman–Crippen LogP) is 2.03. The number of imidazole rings is 1. The normalized spacial score (nSPS) is 11.1. The lowest BCUT2D eigenvalue weighted by Gasteiger charge is -2.05. The third-order valence-corrected chi connectivity index (χ3v) is 2.59. The molecule has 2 aromatic rings. The highest BCUT2D eigenvalue weighted by Gasteiger charge is 2.04. The number of thiazole rings is 1. The molecule has 0 aliphatic carbocycles. The van der Waals surface area contributed by atoms with Gasteiger partial charge in [-0.15, -0.1) is 11.3 Å². The molecule has 15 heavy (non-hydrogen) atoms. The molecule has 0 spiro atoms. The van der Waals surface area contributed by atoms with Crippen molar-refractivity contribution >= 4 is 11.3 Å². The van der Waals surface area contributed by atoms with Crippen LogP contribution in [-0.4, -0.2) is 21.0 Å². The smallest absolute Gasteiger partial charge is 0.157 e. The van der Waals surface area contributed by atoms with Crippen molar-refractivity contribution in [3.63, 3.8) is 0 Å². The molecule has 2 N–H and O–H groups in total. The van der Waals surface area contributed by atoms with E-state index in [1.54, 1.807) is 11.3 Å². The van der Waals surface area contributed by atoms with Crippen LogP contribution in [0.3, 0.4) is 0 Å². The maximum absolute atomic E-state index is 4.29. The summed E-state index contributed by atoms with van der Waals surface area (Å²) in [6.45, 7) is 5.06. The minimum absolute atomic E-state index is 0.482. The summed E-state index contributed by atoms with van der Waals surface area (Å²) in [5.74, 6) is 0.844. The van der Waals surface area contributed by atoms with Crippen LogP contribution in [0.5, 0.6) is 0 Å². The summed E-state index contributed by atoms with van der Waals surface area (Å²) in [5, 5.41) is 5.32. The molecule has 0 amide bonds. The molecule has 0 aliphatic rings. The van der Waals surface area contributed by atoms with Gasteiger partial charge < -0.3 is 10.3 Å². The van der Waals surface area contributed by atoms with Gasteiger partial charge in [0.25, 0.3) is 0 Å². The van der Waals surface area contributed by atoms with E-state index in [0.717, 1.165) is 23.8 Å².